The van der Waals surface area contributed by atoms with Gasteiger partial charge in [-0.25, -0.2) is 0 Å². The molecule has 0 aliphatic carbocycles. The van der Waals surface area contributed by atoms with Gasteiger partial charge in [-0.3, -0.25) is 0 Å². The van der Waals surface area contributed by atoms with Crippen LogP contribution in [0.2, 0.25) is 0 Å². The predicted molar refractivity (Wildman–Crippen MR) is 79.4 cm³/mol. The van der Waals surface area contributed by atoms with Crippen LogP contribution in [-0.4, -0.2) is 21.4 Å². The zero-order valence-electron chi connectivity index (χ0n) is 9.75. The average Bonchev–Trinajstić information content (AvgIpc) is 2.39. The van der Waals surface area contributed by atoms with Crippen molar-refractivity contribution in [2.24, 2.45) is 5.73 Å². The quantitative estimate of drug-likeness (QED) is 0.661. The van der Waals surface area contributed by atoms with Crippen molar-refractivity contribution in [3.05, 3.63) is 42.1 Å². The molecule has 0 unspecified atom stereocenters. The van der Waals surface area contributed by atoms with Gasteiger partial charge < -0.3 is 11.1 Å². The molecule has 0 saturated heterocycles. The van der Waals surface area contributed by atoms with E-state index in [1.54, 1.807) is 24.0 Å². The number of benzene rings is 1. The van der Waals surface area contributed by atoms with Gasteiger partial charge in [-0.1, -0.05) is 18.3 Å². The number of anilines is 2. The van der Waals surface area contributed by atoms with Crippen molar-refractivity contribution >= 4 is 40.5 Å². The maximum Gasteiger partial charge on any atom is 0.163 e. The third-order valence-corrected chi connectivity index (χ3v) is 3.26. The van der Waals surface area contributed by atoms with Crippen LogP contribution < -0.4 is 11.1 Å². The van der Waals surface area contributed by atoms with Crippen molar-refractivity contribution in [3.8, 4) is 0 Å². The first-order chi connectivity index (χ1) is 8.70. The molecule has 0 atom stereocenters. The first kappa shape index (κ1) is 12.8. The molecule has 0 spiro atoms. The maximum absolute atomic E-state index is 5.64. The molecular weight excluding hydrogens is 264 g/mol. The summed E-state index contributed by atoms with van der Waals surface area (Å²) >= 11 is 6.66. The number of thioether (sulfide) groups is 1. The van der Waals surface area contributed by atoms with Gasteiger partial charge in [0, 0.05) is 10.6 Å². The molecule has 18 heavy (non-hydrogen) atoms. The Labute approximate surface area is 115 Å². The van der Waals surface area contributed by atoms with Crippen LogP contribution in [0.15, 0.2) is 41.4 Å². The molecule has 92 valence electrons. The summed E-state index contributed by atoms with van der Waals surface area (Å²) in [4.78, 5) is 1.47. The van der Waals surface area contributed by atoms with Crippen LogP contribution in [0.3, 0.4) is 0 Å². The summed E-state index contributed by atoms with van der Waals surface area (Å²) in [5.41, 5.74) is 7.26. The predicted octanol–water partition coefficient (Wildman–Crippen LogP) is 2.58. The lowest BCUT2D eigenvalue weighted by molar-refractivity contribution is 1.03. The van der Waals surface area contributed by atoms with Crippen LogP contribution >= 0.6 is 24.0 Å². The van der Waals surface area contributed by atoms with E-state index in [1.807, 2.05) is 30.5 Å². The Morgan fingerprint density at radius 3 is 2.94 bits per heavy atom. The second kappa shape index (κ2) is 5.79. The monoisotopic (exact) mass is 276 g/mol. The van der Waals surface area contributed by atoms with E-state index in [1.165, 1.54) is 4.90 Å². The summed E-state index contributed by atoms with van der Waals surface area (Å²) in [6.07, 6.45) is 3.60. The number of nitrogens with zero attached hydrogens (tertiary/aromatic N) is 2. The standard InChI is InChI=1S/C12H12N4S2/c1-18-9-4-2-3-8(7-9)15-12-10(11(13)17)5-6-14-16-12/h2-7H,1H3,(H2,13,17)(H,15,16). The fraction of sp³-hybridized carbons (Fsp3) is 0.0833. The zero-order chi connectivity index (χ0) is 13.0. The van der Waals surface area contributed by atoms with Gasteiger partial charge in [0.15, 0.2) is 5.82 Å². The van der Waals surface area contributed by atoms with Crippen LogP contribution in [0.1, 0.15) is 5.56 Å². The van der Waals surface area contributed by atoms with Gasteiger partial charge in [-0.2, -0.15) is 5.10 Å². The van der Waals surface area contributed by atoms with E-state index in [2.05, 4.69) is 15.5 Å². The minimum absolute atomic E-state index is 0.299. The third-order valence-electron chi connectivity index (χ3n) is 2.32. The van der Waals surface area contributed by atoms with Crippen molar-refractivity contribution in [1.82, 2.24) is 10.2 Å². The van der Waals surface area contributed by atoms with Crippen molar-refractivity contribution in [3.63, 3.8) is 0 Å². The molecule has 0 amide bonds. The lowest BCUT2D eigenvalue weighted by Gasteiger charge is -2.09. The van der Waals surface area contributed by atoms with Gasteiger partial charge in [0.25, 0.3) is 0 Å². The normalized spacial score (nSPS) is 10.1. The smallest absolute Gasteiger partial charge is 0.163 e. The van der Waals surface area contributed by atoms with Gasteiger partial charge in [0.2, 0.25) is 0 Å². The summed E-state index contributed by atoms with van der Waals surface area (Å²) in [5, 5.41) is 11.0. The zero-order valence-corrected chi connectivity index (χ0v) is 11.4. The molecule has 1 heterocycles. The Hall–Kier alpha value is -1.66. The van der Waals surface area contributed by atoms with Gasteiger partial charge in [0.1, 0.15) is 4.99 Å². The highest BCUT2D eigenvalue weighted by atomic mass is 32.2. The highest BCUT2D eigenvalue weighted by Gasteiger charge is 2.07. The van der Waals surface area contributed by atoms with E-state index in [-0.39, 0.29) is 0 Å². The summed E-state index contributed by atoms with van der Waals surface area (Å²) < 4.78 is 0. The number of hydrogen-bond donors (Lipinski definition) is 2. The molecule has 1 aromatic heterocycles. The van der Waals surface area contributed by atoms with Crippen LogP contribution in [0, 0.1) is 0 Å². The summed E-state index contributed by atoms with van der Waals surface area (Å²) in [5.74, 6) is 0.572. The first-order valence-electron chi connectivity index (χ1n) is 5.23. The Kier molecular flexibility index (Phi) is 4.11. The lowest BCUT2D eigenvalue weighted by Crippen LogP contribution is -2.13. The number of rotatable bonds is 4. The minimum Gasteiger partial charge on any atom is -0.389 e. The van der Waals surface area contributed by atoms with Crippen molar-refractivity contribution in [2.75, 3.05) is 11.6 Å². The average molecular weight is 276 g/mol. The molecule has 0 aliphatic rings. The van der Waals surface area contributed by atoms with Crippen LogP contribution in [0.5, 0.6) is 0 Å². The van der Waals surface area contributed by atoms with E-state index < -0.39 is 0 Å². The fourth-order valence-electron chi connectivity index (χ4n) is 1.46. The molecule has 2 rings (SSSR count). The third kappa shape index (κ3) is 2.96. The summed E-state index contributed by atoms with van der Waals surface area (Å²) in [7, 11) is 0. The Bertz CT molecular complexity index is 572. The van der Waals surface area contributed by atoms with E-state index in [9.17, 15) is 0 Å². The van der Waals surface area contributed by atoms with Crippen LogP contribution in [0.4, 0.5) is 11.5 Å². The molecule has 0 saturated carbocycles. The molecule has 6 heteroatoms. The van der Waals surface area contributed by atoms with Gasteiger partial charge in [0.05, 0.1) is 11.8 Å². The molecule has 0 radical (unpaired) electrons. The van der Waals surface area contributed by atoms with Crippen molar-refractivity contribution in [2.45, 2.75) is 4.90 Å². The van der Waals surface area contributed by atoms with Crippen molar-refractivity contribution < 1.29 is 0 Å². The topological polar surface area (TPSA) is 63.8 Å². The highest BCUT2D eigenvalue weighted by molar-refractivity contribution is 7.98. The largest absolute Gasteiger partial charge is 0.389 e. The van der Waals surface area contributed by atoms with Gasteiger partial charge in [-0.05, 0) is 30.5 Å². The molecule has 1 aromatic carbocycles. The van der Waals surface area contributed by atoms with Crippen LogP contribution in [0.25, 0.3) is 0 Å². The first-order valence-corrected chi connectivity index (χ1v) is 6.86. The SMILES string of the molecule is CSc1cccc(Nc2nnccc2C(N)=S)c1. The number of nitrogens with two attached hydrogens (primary N) is 1. The van der Waals surface area contributed by atoms with Crippen LogP contribution in [-0.2, 0) is 0 Å². The highest BCUT2D eigenvalue weighted by Crippen LogP contribution is 2.22. The second-order valence-corrected chi connectivity index (χ2v) is 4.83. The summed E-state index contributed by atoms with van der Waals surface area (Å²) in [6.45, 7) is 0. The molecular formula is C12H12N4S2. The fourth-order valence-corrected chi connectivity index (χ4v) is 2.08. The number of nitrogens with one attached hydrogen (secondary N) is 1. The van der Waals surface area contributed by atoms with E-state index in [4.69, 9.17) is 18.0 Å². The Morgan fingerprint density at radius 2 is 2.22 bits per heavy atom. The molecule has 3 N–H and O–H groups in total. The number of thiocarbonyl (C=S) groups is 1. The molecule has 2 aromatic rings. The second-order valence-electron chi connectivity index (χ2n) is 3.51. The molecule has 0 bridgehead atoms. The van der Waals surface area contributed by atoms with E-state index >= 15 is 0 Å². The van der Waals surface area contributed by atoms with Gasteiger partial charge >= 0.3 is 0 Å². The summed E-state index contributed by atoms with van der Waals surface area (Å²) in [6, 6.07) is 9.75. The molecule has 4 nitrogen and oxygen atoms in total. The van der Waals surface area contributed by atoms with Gasteiger partial charge in [-0.15, -0.1) is 16.9 Å². The molecule has 0 fully saturated rings. The molecule has 0 aliphatic heterocycles. The maximum atomic E-state index is 5.64. The number of aromatic nitrogens is 2. The lowest BCUT2D eigenvalue weighted by atomic mass is 10.2. The van der Waals surface area contributed by atoms with E-state index in [0.29, 0.717) is 16.4 Å². The Balaban J connectivity index is 2.31. The van der Waals surface area contributed by atoms with Crippen molar-refractivity contribution in [1.29, 1.82) is 0 Å². The Morgan fingerprint density at radius 1 is 1.39 bits per heavy atom. The minimum atomic E-state index is 0.299. The van der Waals surface area contributed by atoms with E-state index in [0.717, 1.165) is 5.69 Å². The number of hydrogen-bond acceptors (Lipinski definition) is 5.